The number of carbonyl (C=O) groups is 1. The van der Waals surface area contributed by atoms with Crippen LogP contribution in [0.25, 0.3) is 0 Å². The zero-order valence-corrected chi connectivity index (χ0v) is 11.4. The van der Waals surface area contributed by atoms with Crippen LogP contribution in [0.3, 0.4) is 0 Å². The fourth-order valence-corrected chi connectivity index (χ4v) is 1.85. The van der Waals surface area contributed by atoms with Gasteiger partial charge >= 0.3 is 5.97 Å². The highest BCUT2D eigenvalue weighted by Crippen LogP contribution is 2.17. The Morgan fingerprint density at radius 3 is 2.25 bits per heavy atom. The first-order valence-corrected chi connectivity index (χ1v) is 6.71. The molecule has 1 atom stereocenters. The maximum atomic E-state index is 11.1. The van der Waals surface area contributed by atoms with Crippen LogP contribution in [0.15, 0.2) is 0 Å². The molecule has 0 rings (SSSR count). The number of rotatable bonds is 9. The molecule has 0 aliphatic rings. The molecule has 0 fully saturated rings. The van der Waals surface area contributed by atoms with E-state index in [1.165, 1.54) is 19.3 Å². The van der Waals surface area contributed by atoms with Crippen LogP contribution in [0.4, 0.5) is 0 Å². The van der Waals surface area contributed by atoms with Crippen LogP contribution in [0.2, 0.25) is 0 Å². The molecular formula is C14H28O2. The van der Waals surface area contributed by atoms with Crippen LogP contribution >= 0.6 is 0 Å². The lowest BCUT2D eigenvalue weighted by Gasteiger charge is -2.11. The molecule has 0 aliphatic heterocycles. The molecule has 2 heteroatoms. The fraction of sp³-hybridized carbons (Fsp3) is 0.929. The minimum absolute atomic E-state index is 0.0446. The molecule has 0 saturated carbocycles. The number of hydrogen-bond donors (Lipinski definition) is 0. The Labute approximate surface area is 101 Å². The van der Waals surface area contributed by atoms with Crippen molar-refractivity contribution >= 4 is 5.97 Å². The Morgan fingerprint density at radius 1 is 1.06 bits per heavy atom. The van der Waals surface area contributed by atoms with Gasteiger partial charge in [-0.25, -0.2) is 0 Å². The molecule has 0 spiro atoms. The van der Waals surface area contributed by atoms with Gasteiger partial charge in [0.25, 0.3) is 0 Å². The standard InChI is InChI=1S/C14H28O2/c1-5-16-14(15)11-7-10-13(4)9-6-8-12(2)3/h12-13H,5-11H2,1-4H3. The lowest BCUT2D eigenvalue weighted by Crippen LogP contribution is -2.05. The van der Waals surface area contributed by atoms with Gasteiger partial charge in [0.05, 0.1) is 6.61 Å². The molecule has 96 valence electrons. The molecule has 0 heterocycles. The maximum absolute atomic E-state index is 11.1. The molecule has 0 aromatic carbocycles. The van der Waals surface area contributed by atoms with Crippen molar-refractivity contribution in [3.63, 3.8) is 0 Å². The molecule has 1 unspecified atom stereocenters. The fourth-order valence-electron chi connectivity index (χ4n) is 1.85. The topological polar surface area (TPSA) is 26.3 Å². The highest BCUT2D eigenvalue weighted by molar-refractivity contribution is 5.69. The van der Waals surface area contributed by atoms with Crippen LogP contribution in [0.5, 0.6) is 0 Å². The van der Waals surface area contributed by atoms with Gasteiger partial charge in [0, 0.05) is 6.42 Å². The molecule has 0 N–H and O–H groups in total. The van der Waals surface area contributed by atoms with E-state index in [1.807, 2.05) is 6.92 Å². The van der Waals surface area contributed by atoms with Gasteiger partial charge in [-0.15, -0.1) is 0 Å². The van der Waals surface area contributed by atoms with E-state index in [4.69, 9.17) is 4.74 Å². The lowest BCUT2D eigenvalue weighted by atomic mass is 9.95. The molecule has 0 aromatic heterocycles. The van der Waals surface area contributed by atoms with E-state index < -0.39 is 0 Å². The molecule has 0 amide bonds. The molecule has 16 heavy (non-hydrogen) atoms. The Bertz CT molecular complexity index is 176. The first-order valence-electron chi connectivity index (χ1n) is 6.71. The molecule has 2 nitrogen and oxygen atoms in total. The summed E-state index contributed by atoms with van der Waals surface area (Å²) in [6, 6.07) is 0. The van der Waals surface area contributed by atoms with Gasteiger partial charge in [0.15, 0.2) is 0 Å². The first kappa shape index (κ1) is 15.5. The number of hydrogen-bond acceptors (Lipinski definition) is 2. The average molecular weight is 228 g/mol. The summed E-state index contributed by atoms with van der Waals surface area (Å²) < 4.78 is 4.90. The quantitative estimate of drug-likeness (QED) is 0.553. The van der Waals surface area contributed by atoms with E-state index in [9.17, 15) is 4.79 Å². The van der Waals surface area contributed by atoms with Crippen LogP contribution in [0.1, 0.15) is 66.2 Å². The van der Waals surface area contributed by atoms with E-state index in [2.05, 4.69) is 20.8 Å². The summed E-state index contributed by atoms with van der Waals surface area (Å²) in [6.45, 7) is 9.18. The van der Waals surface area contributed by atoms with Gasteiger partial charge in [0.1, 0.15) is 0 Å². The summed E-state index contributed by atoms with van der Waals surface area (Å²) in [6.07, 6.45) is 6.64. The molecule has 0 bridgehead atoms. The zero-order valence-electron chi connectivity index (χ0n) is 11.4. The summed E-state index contributed by atoms with van der Waals surface area (Å²) in [5.74, 6) is 1.51. The van der Waals surface area contributed by atoms with Crippen molar-refractivity contribution in [1.82, 2.24) is 0 Å². The molecular weight excluding hydrogens is 200 g/mol. The van der Waals surface area contributed by atoms with Crippen molar-refractivity contribution in [2.24, 2.45) is 11.8 Å². The van der Waals surface area contributed by atoms with Crippen LogP contribution in [0, 0.1) is 11.8 Å². The van der Waals surface area contributed by atoms with Crippen molar-refractivity contribution < 1.29 is 9.53 Å². The highest BCUT2D eigenvalue weighted by atomic mass is 16.5. The van der Waals surface area contributed by atoms with Crippen molar-refractivity contribution in [1.29, 1.82) is 0 Å². The smallest absolute Gasteiger partial charge is 0.305 e. The summed E-state index contributed by atoms with van der Waals surface area (Å²) in [4.78, 5) is 11.1. The van der Waals surface area contributed by atoms with E-state index in [1.54, 1.807) is 0 Å². The third kappa shape index (κ3) is 10.0. The van der Waals surface area contributed by atoms with Crippen LogP contribution in [-0.4, -0.2) is 12.6 Å². The predicted octanol–water partition coefficient (Wildman–Crippen LogP) is 4.18. The third-order valence-corrected chi connectivity index (χ3v) is 2.86. The largest absolute Gasteiger partial charge is 0.466 e. The van der Waals surface area contributed by atoms with E-state index in [-0.39, 0.29) is 5.97 Å². The Balaban J connectivity index is 3.36. The Morgan fingerprint density at radius 2 is 1.69 bits per heavy atom. The summed E-state index contributed by atoms with van der Waals surface area (Å²) >= 11 is 0. The normalized spacial score (nSPS) is 12.8. The van der Waals surface area contributed by atoms with Gasteiger partial charge in [-0.3, -0.25) is 4.79 Å². The van der Waals surface area contributed by atoms with Gasteiger partial charge in [0.2, 0.25) is 0 Å². The van der Waals surface area contributed by atoms with Crippen molar-refractivity contribution in [3.05, 3.63) is 0 Å². The molecule has 0 saturated heterocycles. The third-order valence-electron chi connectivity index (χ3n) is 2.86. The van der Waals surface area contributed by atoms with Crippen LogP contribution < -0.4 is 0 Å². The van der Waals surface area contributed by atoms with Crippen molar-refractivity contribution in [2.75, 3.05) is 6.61 Å². The molecule has 0 radical (unpaired) electrons. The Hall–Kier alpha value is -0.530. The maximum Gasteiger partial charge on any atom is 0.305 e. The van der Waals surface area contributed by atoms with Gasteiger partial charge in [-0.2, -0.15) is 0 Å². The van der Waals surface area contributed by atoms with Gasteiger partial charge in [-0.05, 0) is 25.2 Å². The number of esters is 1. The predicted molar refractivity (Wildman–Crippen MR) is 68.3 cm³/mol. The first-order chi connectivity index (χ1) is 7.56. The van der Waals surface area contributed by atoms with Gasteiger partial charge < -0.3 is 4.74 Å². The SMILES string of the molecule is CCOC(=O)CCCC(C)CCCC(C)C. The second-order valence-electron chi connectivity index (χ2n) is 5.13. The van der Waals surface area contributed by atoms with Crippen LogP contribution in [-0.2, 0) is 9.53 Å². The minimum Gasteiger partial charge on any atom is -0.466 e. The molecule has 0 aliphatic carbocycles. The lowest BCUT2D eigenvalue weighted by molar-refractivity contribution is -0.143. The monoisotopic (exact) mass is 228 g/mol. The molecule has 0 aromatic rings. The zero-order chi connectivity index (χ0) is 12.4. The highest BCUT2D eigenvalue weighted by Gasteiger charge is 2.06. The van der Waals surface area contributed by atoms with Crippen molar-refractivity contribution in [2.45, 2.75) is 66.2 Å². The van der Waals surface area contributed by atoms with Crippen molar-refractivity contribution in [3.8, 4) is 0 Å². The van der Waals surface area contributed by atoms with E-state index in [0.717, 1.165) is 24.7 Å². The van der Waals surface area contributed by atoms with Gasteiger partial charge in [-0.1, -0.05) is 46.5 Å². The Kier molecular flexibility index (Phi) is 9.36. The summed E-state index contributed by atoms with van der Waals surface area (Å²) in [5, 5.41) is 0. The average Bonchev–Trinajstić information content (AvgIpc) is 2.17. The second-order valence-corrected chi connectivity index (χ2v) is 5.13. The minimum atomic E-state index is -0.0446. The van der Waals surface area contributed by atoms with E-state index in [0.29, 0.717) is 13.0 Å². The number of carbonyl (C=O) groups excluding carboxylic acids is 1. The summed E-state index contributed by atoms with van der Waals surface area (Å²) in [5.41, 5.74) is 0. The van der Waals surface area contributed by atoms with E-state index >= 15 is 0 Å². The summed E-state index contributed by atoms with van der Waals surface area (Å²) in [7, 11) is 0. The number of ether oxygens (including phenoxy) is 1. The second kappa shape index (κ2) is 9.68.